The van der Waals surface area contributed by atoms with Crippen LogP contribution in [-0.2, 0) is 4.74 Å². The van der Waals surface area contributed by atoms with E-state index in [0.717, 1.165) is 30.4 Å². The molecule has 2 rings (SSSR count). The first kappa shape index (κ1) is 15.3. The van der Waals surface area contributed by atoms with Crippen LogP contribution in [0.1, 0.15) is 65.7 Å². The number of rotatable bonds is 8. The second-order valence-corrected chi connectivity index (χ2v) is 7.05. The molecule has 0 amide bonds. The molecule has 0 aromatic heterocycles. The van der Waals surface area contributed by atoms with Gasteiger partial charge < -0.3 is 10.1 Å². The Morgan fingerprint density at radius 2 is 1.89 bits per heavy atom. The Balaban J connectivity index is 1.79. The largest absolute Gasteiger partial charge is 0.378 e. The highest BCUT2D eigenvalue weighted by Gasteiger charge is 2.31. The fourth-order valence-corrected chi connectivity index (χ4v) is 3.49. The molecule has 2 heteroatoms. The van der Waals surface area contributed by atoms with Crippen molar-refractivity contribution in [2.24, 2.45) is 17.8 Å². The van der Waals surface area contributed by atoms with Crippen LogP contribution in [0, 0.1) is 17.8 Å². The fraction of sp³-hybridized carbons (Fsp3) is 1.00. The zero-order valence-corrected chi connectivity index (χ0v) is 13.2. The predicted octanol–water partition coefficient (Wildman–Crippen LogP) is 4.00. The van der Waals surface area contributed by atoms with Gasteiger partial charge in [-0.25, -0.2) is 0 Å². The Morgan fingerprint density at radius 3 is 2.53 bits per heavy atom. The third kappa shape index (κ3) is 5.43. The summed E-state index contributed by atoms with van der Waals surface area (Å²) in [5, 5.41) is 3.74. The van der Waals surface area contributed by atoms with E-state index < -0.39 is 0 Å². The van der Waals surface area contributed by atoms with E-state index in [1.165, 1.54) is 51.5 Å². The summed E-state index contributed by atoms with van der Waals surface area (Å²) in [6.45, 7) is 8.85. The van der Waals surface area contributed by atoms with Gasteiger partial charge in [-0.1, -0.05) is 26.2 Å². The summed E-state index contributed by atoms with van der Waals surface area (Å²) < 4.78 is 5.93. The Labute approximate surface area is 119 Å². The molecule has 3 unspecified atom stereocenters. The second kappa shape index (κ2) is 7.64. The van der Waals surface area contributed by atoms with Gasteiger partial charge in [0.2, 0.25) is 0 Å². The summed E-state index contributed by atoms with van der Waals surface area (Å²) in [6, 6.07) is 0.847. The van der Waals surface area contributed by atoms with Crippen molar-refractivity contribution in [3.8, 4) is 0 Å². The summed E-state index contributed by atoms with van der Waals surface area (Å²) in [6.07, 6.45) is 10.2. The Morgan fingerprint density at radius 1 is 1.11 bits per heavy atom. The molecule has 2 nitrogen and oxygen atoms in total. The molecule has 19 heavy (non-hydrogen) atoms. The first-order valence-electron chi connectivity index (χ1n) is 8.54. The van der Waals surface area contributed by atoms with Crippen molar-refractivity contribution in [3.63, 3.8) is 0 Å². The number of nitrogens with one attached hydrogen (secondary N) is 1. The van der Waals surface area contributed by atoms with E-state index in [1.807, 2.05) is 0 Å². The van der Waals surface area contributed by atoms with Crippen LogP contribution in [0.3, 0.4) is 0 Å². The molecule has 1 N–H and O–H groups in total. The molecule has 0 heterocycles. The van der Waals surface area contributed by atoms with Crippen molar-refractivity contribution < 1.29 is 4.74 Å². The zero-order valence-electron chi connectivity index (χ0n) is 13.2. The molecule has 2 fully saturated rings. The highest BCUT2D eigenvalue weighted by Crippen LogP contribution is 2.36. The minimum Gasteiger partial charge on any atom is -0.378 e. The van der Waals surface area contributed by atoms with Crippen LogP contribution in [-0.4, -0.2) is 25.3 Å². The minimum absolute atomic E-state index is 0.378. The maximum atomic E-state index is 5.93. The van der Waals surface area contributed by atoms with E-state index >= 15 is 0 Å². The van der Waals surface area contributed by atoms with Crippen molar-refractivity contribution in [1.29, 1.82) is 0 Å². The fourth-order valence-electron chi connectivity index (χ4n) is 3.49. The molecule has 0 bridgehead atoms. The van der Waals surface area contributed by atoms with Crippen LogP contribution in [0.2, 0.25) is 0 Å². The van der Waals surface area contributed by atoms with Crippen LogP contribution in [0.15, 0.2) is 0 Å². The lowest BCUT2D eigenvalue weighted by atomic mass is 9.73. The minimum atomic E-state index is 0.378. The standard InChI is InChI=1S/C17H33NO/c1-4-5-14-6-7-15(11-18-17-8-9-17)16(10-14)12-19-13(2)3/h13-18H,4-12H2,1-3H3. The van der Waals surface area contributed by atoms with Gasteiger partial charge >= 0.3 is 0 Å². The normalized spacial score (nSPS) is 31.9. The van der Waals surface area contributed by atoms with E-state index in [0.29, 0.717) is 6.10 Å². The maximum absolute atomic E-state index is 5.93. The molecule has 2 aliphatic rings. The van der Waals surface area contributed by atoms with Crippen LogP contribution in [0.5, 0.6) is 0 Å². The van der Waals surface area contributed by atoms with Crippen LogP contribution < -0.4 is 5.32 Å². The molecule has 0 spiro atoms. The highest BCUT2D eigenvalue weighted by atomic mass is 16.5. The molecule has 0 radical (unpaired) electrons. The average molecular weight is 267 g/mol. The monoisotopic (exact) mass is 267 g/mol. The van der Waals surface area contributed by atoms with E-state index in [2.05, 4.69) is 26.1 Å². The van der Waals surface area contributed by atoms with Gasteiger partial charge in [-0.2, -0.15) is 0 Å². The van der Waals surface area contributed by atoms with Crippen molar-refractivity contribution in [2.75, 3.05) is 13.2 Å². The number of ether oxygens (including phenoxy) is 1. The van der Waals surface area contributed by atoms with Gasteiger partial charge in [0.15, 0.2) is 0 Å². The van der Waals surface area contributed by atoms with Crippen molar-refractivity contribution in [1.82, 2.24) is 5.32 Å². The molecule has 2 aliphatic carbocycles. The summed E-state index contributed by atoms with van der Waals surface area (Å²) in [5.74, 6) is 2.61. The quantitative estimate of drug-likeness (QED) is 0.718. The van der Waals surface area contributed by atoms with Crippen LogP contribution in [0.4, 0.5) is 0 Å². The molecule has 3 atom stereocenters. The van der Waals surface area contributed by atoms with Gasteiger partial charge in [0, 0.05) is 6.04 Å². The zero-order chi connectivity index (χ0) is 13.7. The first-order chi connectivity index (χ1) is 9.19. The summed E-state index contributed by atoms with van der Waals surface area (Å²) >= 11 is 0. The van der Waals surface area contributed by atoms with E-state index in [-0.39, 0.29) is 0 Å². The molecule has 0 aromatic carbocycles. The van der Waals surface area contributed by atoms with Gasteiger partial charge in [-0.3, -0.25) is 0 Å². The molecule has 112 valence electrons. The lowest BCUT2D eigenvalue weighted by molar-refractivity contribution is 0.0115. The van der Waals surface area contributed by atoms with Crippen LogP contribution in [0.25, 0.3) is 0 Å². The van der Waals surface area contributed by atoms with Gasteiger partial charge in [0.25, 0.3) is 0 Å². The van der Waals surface area contributed by atoms with Gasteiger partial charge in [0.05, 0.1) is 12.7 Å². The molecule has 0 aromatic rings. The van der Waals surface area contributed by atoms with Crippen molar-refractivity contribution in [2.45, 2.75) is 77.9 Å². The average Bonchev–Trinajstić information content (AvgIpc) is 3.19. The Bertz CT molecular complexity index is 250. The lowest BCUT2D eigenvalue weighted by Gasteiger charge is -2.36. The Kier molecular flexibility index (Phi) is 6.15. The first-order valence-corrected chi connectivity index (χ1v) is 8.54. The Hall–Kier alpha value is -0.0800. The smallest absolute Gasteiger partial charge is 0.0519 e. The summed E-state index contributed by atoms with van der Waals surface area (Å²) in [7, 11) is 0. The topological polar surface area (TPSA) is 21.3 Å². The summed E-state index contributed by atoms with van der Waals surface area (Å²) in [5.41, 5.74) is 0. The second-order valence-electron chi connectivity index (χ2n) is 7.05. The van der Waals surface area contributed by atoms with Crippen molar-refractivity contribution in [3.05, 3.63) is 0 Å². The number of hydrogen-bond donors (Lipinski definition) is 1. The van der Waals surface area contributed by atoms with Gasteiger partial charge in [-0.15, -0.1) is 0 Å². The van der Waals surface area contributed by atoms with Gasteiger partial charge in [0.1, 0.15) is 0 Å². The predicted molar refractivity (Wildman–Crippen MR) is 81.3 cm³/mol. The third-order valence-electron chi connectivity index (χ3n) is 4.84. The van der Waals surface area contributed by atoms with E-state index in [1.54, 1.807) is 0 Å². The third-order valence-corrected chi connectivity index (χ3v) is 4.84. The van der Waals surface area contributed by atoms with Crippen molar-refractivity contribution >= 4 is 0 Å². The molecular formula is C17H33NO. The lowest BCUT2D eigenvalue weighted by Crippen LogP contribution is -2.36. The molecular weight excluding hydrogens is 234 g/mol. The SMILES string of the molecule is CCCC1CCC(CNC2CC2)C(COC(C)C)C1. The van der Waals surface area contributed by atoms with E-state index in [4.69, 9.17) is 4.74 Å². The maximum Gasteiger partial charge on any atom is 0.0519 e. The molecule has 2 saturated carbocycles. The van der Waals surface area contributed by atoms with Crippen LogP contribution >= 0.6 is 0 Å². The molecule has 0 aliphatic heterocycles. The van der Waals surface area contributed by atoms with Gasteiger partial charge in [-0.05, 0) is 63.8 Å². The summed E-state index contributed by atoms with van der Waals surface area (Å²) in [4.78, 5) is 0. The highest BCUT2D eigenvalue weighted by molar-refractivity contribution is 4.86. The molecule has 0 saturated heterocycles. The number of hydrogen-bond acceptors (Lipinski definition) is 2. The van der Waals surface area contributed by atoms with E-state index in [9.17, 15) is 0 Å².